The molecule has 1 aromatic rings. The van der Waals surface area contributed by atoms with Crippen LogP contribution in [0.1, 0.15) is 29.8 Å². The van der Waals surface area contributed by atoms with Crippen LogP contribution in [0.4, 0.5) is 5.82 Å². The van der Waals surface area contributed by atoms with Crippen molar-refractivity contribution >= 4 is 11.7 Å². The summed E-state index contributed by atoms with van der Waals surface area (Å²) in [5.74, 6) is 0.414. The van der Waals surface area contributed by atoms with Crippen LogP contribution in [0, 0.1) is 0 Å². The maximum atomic E-state index is 12.3. The fraction of sp³-hybridized carbons (Fsp3) is 0.583. The molecule has 18 heavy (non-hydrogen) atoms. The number of rotatable bonds is 3. The molecule has 1 saturated heterocycles. The van der Waals surface area contributed by atoms with Crippen LogP contribution in [0.3, 0.4) is 0 Å². The smallest absolute Gasteiger partial charge is 0.274 e. The molecule has 98 valence electrons. The first kappa shape index (κ1) is 12.8. The maximum Gasteiger partial charge on any atom is 0.274 e. The van der Waals surface area contributed by atoms with Crippen LogP contribution < -0.4 is 5.32 Å². The average Bonchev–Trinajstić information content (AvgIpc) is 2.46. The van der Waals surface area contributed by atoms with Gasteiger partial charge in [-0.3, -0.25) is 9.78 Å². The number of carbonyl (C=O) groups is 1. The Bertz CT molecular complexity index is 424. The van der Waals surface area contributed by atoms with Crippen molar-refractivity contribution in [1.29, 1.82) is 0 Å². The molecule has 2 heterocycles. The zero-order valence-corrected chi connectivity index (χ0v) is 10.5. The summed E-state index contributed by atoms with van der Waals surface area (Å²) >= 11 is 0. The number of hydrogen-bond acceptors (Lipinski definition) is 5. The molecule has 1 aliphatic heterocycles. The molecule has 0 radical (unpaired) electrons. The molecule has 1 amide bonds. The monoisotopic (exact) mass is 250 g/mol. The van der Waals surface area contributed by atoms with Crippen LogP contribution in [0.15, 0.2) is 12.4 Å². The Labute approximate surface area is 106 Å². The lowest BCUT2D eigenvalue weighted by Crippen LogP contribution is -2.45. The van der Waals surface area contributed by atoms with Gasteiger partial charge < -0.3 is 15.3 Å². The molecule has 6 nitrogen and oxygen atoms in total. The Hall–Kier alpha value is -1.69. The number of aliphatic hydroxyl groups is 1. The van der Waals surface area contributed by atoms with Crippen LogP contribution in [-0.2, 0) is 0 Å². The molecule has 0 bridgehead atoms. The lowest BCUT2D eigenvalue weighted by Gasteiger charge is -2.34. The third kappa shape index (κ3) is 2.59. The number of nitrogens with zero attached hydrogens (tertiary/aromatic N) is 3. The van der Waals surface area contributed by atoms with Gasteiger partial charge in [-0.05, 0) is 19.3 Å². The van der Waals surface area contributed by atoms with Gasteiger partial charge in [-0.2, -0.15) is 0 Å². The van der Waals surface area contributed by atoms with Gasteiger partial charge in [0.1, 0.15) is 11.5 Å². The average molecular weight is 250 g/mol. The van der Waals surface area contributed by atoms with Crippen molar-refractivity contribution in [2.75, 3.05) is 25.5 Å². The second-order valence-corrected chi connectivity index (χ2v) is 4.37. The summed E-state index contributed by atoms with van der Waals surface area (Å²) in [7, 11) is 1.73. The summed E-state index contributed by atoms with van der Waals surface area (Å²) in [5, 5.41) is 12.2. The normalized spacial score (nSPS) is 19.7. The highest BCUT2D eigenvalue weighted by molar-refractivity contribution is 5.92. The molecule has 0 aromatic carbocycles. The molecule has 6 heteroatoms. The van der Waals surface area contributed by atoms with Crippen LogP contribution in [0.5, 0.6) is 0 Å². The van der Waals surface area contributed by atoms with Gasteiger partial charge in [0, 0.05) is 13.6 Å². The number of hydrogen-bond donors (Lipinski definition) is 2. The molecule has 1 aromatic heterocycles. The minimum absolute atomic E-state index is 0.00485. The molecule has 0 spiro atoms. The van der Waals surface area contributed by atoms with Crippen molar-refractivity contribution in [3.05, 3.63) is 18.1 Å². The molecular formula is C12H18N4O2. The summed E-state index contributed by atoms with van der Waals surface area (Å²) in [6.45, 7) is 0.681. The second kappa shape index (κ2) is 5.77. The third-order valence-corrected chi connectivity index (χ3v) is 3.21. The highest BCUT2D eigenvalue weighted by Crippen LogP contribution is 2.18. The van der Waals surface area contributed by atoms with Gasteiger partial charge in [-0.25, -0.2) is 4.98 Å². The molecule has 1 aliphatic rings. The number of likely N-dealkylation sites (tertiary alicyclic amines) is 1. The first-order chi connectivity index (χ1) is 8.76. The van der Waals surface area contributed by atoms with Gasteiger partial charge >= 0.3 is 0 Å². The molecule has 0 saturated carbocycles. The van der Waals surface area contributed by atoms with Crippen molar-refractivity contribution in [2.24, 2.45) is 0 Å². The molecule has 2 N–H and O–H groups in total. The molecular weight excluding hydrogens is 232 g/mol. The first-order valence-electron chi connectivity index (χ1n) is 6.18. The quantitative estimate of drug-likeness (QED) is 0.817. The summed E-state index contributed by atoms with van der Waals surface area (Å²) in [6.07, 6.45) is 5.91. The van der Waals surface area contributed by atoms with E-state index in [1.54, 1.807) is 18.1 Å². The molecule has 0 aliphatic carbocycles. The van der Waals surface area contributed by atoms with Crippen LogP contribution >= 0.6 is 0 Å². The highest BCUT2D eigenvalue weighted by Gasteiger charge is 2.27. The van der Waals surface area contributed by atoms with E-state index in [4.69, 9.17) is 0 Å². The second-order valence-electron chi connectivity index (χ2n) is 4.37. The number of piperidine rings is 1. The van der Waals surface area contributed by atoms with Crippen molar-refractivity contribution in [2.45, 2.75) is 25.3 Å². The van der Waals surface area contributed by atoms with Crippen molar-refractivity contribution < 1.29 is 9.90 Å². The minimum atomic E-state index is -0.154. The number of amides is 1. The Morgan fingerprint density at radius 3 is 3.11 bits per heavy atom. The van der Waals surface area contributed by atoms with Gasteiger partial charge in [0.15, 0.2) is 0 Å². The zero-order valence-electron chi connectivity index (χ0n) is 10.5. The lowest BCUT2D eigenvalue weighted by molar-refractivity contribution is 0.0497. The number of aromatic nitrogens is 2. The topological polar surface area (TPSA) is 78.4 Å². The Kier molecular flexibility index (Phi) is 4.09. The molecule has 1 atom stereocenters. The van der Waals surface area contributed by atoms with Crippen LogP contribution in [0.2, 0.25) is 0 Å². The van der Waals surface area contributed by atoms with Crippen molar-refractivity contribution in [3.8, 4) is 0 Å². The fourth-order valence-electron chi connectivity index (χ4n) is 2.19. The van der Waals surface area contributed by atoms with Gasteiger partial charge in [-0.15, -0.1) is 0 Å². The molecule has 1 unspecified atom stereocenters. The number of anilines is 1. The summed E-state index contributed by atoms with van der Waals surface area (Å²) in [4.78, 5) is 22.2. The third-order valence-electron chi connectivity index (χ3n) is 3.21. The first-order valence-corrected chi connectivity index (χ1v) is 6.18. The van der Waals surface area contributed by atoms with E-state index in [1.165, 1.54) is 6.20 Å². The predicted octanol–water partition coefficient (Wildman–Crippen LogP) is 0.505. The predicted molar refractivity (Wildman–Crippen MR) is 67.3 cm³/mol. The van der Waals surface area contributed by atoms with E-state index in [2.05, 4.69) is 15.3 Å². The van der Waals surface area contributed by atoms with Gasteiger partial charge in [0.25, 0.3) is 5.91 Å². The number of aliphatic hydroxyl groups excluding tert-OH is 1. The highest BCUT2D eigenvalue weighted by atomic mass is 16.3. The largest absolute Gasteiger partial charge is 0.394 e. The van der Waals surface area contributed by atoms with E-state index < -0.39 is 0 Å². The minimum Gasteiger partial charge on any atom is -0.394 e. The van der Waals surface area contributed by atoms with Gasteiger partial charge in [-0.1, -0.05) is 0 Å². The molecule has 1 fully saturated rings. The van der Waals surface area contributed by atoms with E-state index in [0.717, 1.165) is 19.3 Å². The van der Waals surface area contributed by atoms with Gasteiger partial charge in [0.05, 0.1) is 25.0 Å². The zero-order chi connectivity index (χ0) is 13.0. The summed E-state index contributed by atoms with van der Waals surface area (Å²) in [6, 6.07) is -0.0914. The van der Waals surface area contributed by atoms with E-state index in [0.29, 0.717) is 18.1 Å². The van der Waals surface area contributed by atoms with E-state index >= 15 is 0 Å². The Morgan fingerprint density at radius 1 is 1.56 bits per heavy atom. The SMILES string of the molecule is CNc1cncc(C(=O)N2CCCCC2CO)n1. The Morgan fingerprint density at radius 2 is 2.39 bits per heavy atom. The fourth-order valence-corrected chi connectivity index (χ4v) is 2.19. The summed E-state index contributed by atoms with van der Waals surface area (Å²) in [5.41, 5.74) is 0.321. The molecule has 2 rings (SSSR count). The van der Waals surface area contributed by atoms with E-state index in [9.17, 15) is 9.90 Å². The standard InChI is InChI=1S/C12H18N4O2/c1-13-11-7-14-6-10(15-11)12(18)16-5-3-2-4-9(16)8-17/h6-7,9,17H,2-5,8H2,1H3,(H,13,15). The van der Waals surface area contributed by atoms with Gasteiger partial charge in [0.2, 0.25) is 0 Å². The number of carbonyl (C=O) groups excluding carboxylic acids is 1. The van der Waals surface area contributed by atoms with E-state index in [-0.39, 0.29) is 18.6 Å². The maximum absolute atomic E-state index is 12.3. The van der Waals surface area contributed by atoms with Crippen molar-refractivity contribution in [3.63, 3.8) is 0 Å². The lowest BCUT2D eigenvalue weighted by atomic mass is 10.0. The number of nitrogens with one attached hydrogen (secondary N) is 1. The van der Waals surface area contributed by atoms with Crippen molar-refractivity contribution in [1.82, 2.24) is 14.9 Å². The Balaban J connectivity index is 2.18. The van der Waals surface area contributed by atoms with Crippen LogP contribution in [0.25, 0.3) is 0 Å². The summed E-state index contributed by atoms with van der Waals surface area (Å²) < 4.78 is 0. The van der Waals surface area contributed by atoms with E-state index in [1.807, 2.05) is 0 Å². The van der Waals surface area contributed by atoms with Crippen LogP contribution in [-0.4, -0.2) is 52.1 Å².